The molecule has 4 rings (SSSR count). The third-order valence-electron chi connectivity index (χ3n) is 7.40. The summed E-state index contributed by atoms with van der Waals surface area (Å²) >= 11 is 0. The highest BCUT2D eigenvalue weighted by Crippen LogP contribution is 2.33. The zero-order valence-electron chi connectivity index (χ0n) is 23.2. The number of carbonyl (C=O) groups excluding carboxylic acids is 2. The Morgan fingerprint density at radius 1 is 1.05 bits per heavy atom. The predicted octanol–water partition coefficient (Wildman–Crippen LogP) is 4.04. The van der Waals surface area contributed by atoms with Gasteiger partial charge in [-0.25, -0.2) is 9.80 Å². The minimum atomic E-state index is -0.210. The zero-order valence-corrected chi connectivity index (χ0v) is 23.2. The number of rotatable bonds is 9. The maximum atomic E-state index is 13.8. The molecular weight excluding hydrogens is 478 g/mol. The van der Waals surface area contributed by atoms with Crippen molar-refractivity contribution in [3.05, 3.63) is 70.3 Å². The second-order valence-corrected chi connectivity index (χ2v) is 10.3. The van der Waals surface area contributed by atoms with E-state index < -0.39 is 0 Å². The molecule has 1 N–H and O–H groups in total. The lowest BCUT2D eigenvalue weighted by molar-refractivity contribution is -0.133. The Bertz CT molecular complexity index is 1140. The maximum Gasteiger partial charge on any atom is 0.317 e. The molecule has 0 aliphatic carbocycles. The summed E-state index contributed by atoms with van der Waals surface area (Å²) in [6.45, 7) is 13.1. The van der Waals surface area contributed by atoms with E-state index in [4.69, 9.17) is 9.84 Å². The van der Waals surface area contributed by atoms with Gasteiger partial charge in [0.2, 0.25) is 0 Å². The quantitative estimate of drug-likeness (QED) is 0.542. The Morgan fingerprint density at radius 2 is 1.79 bits per heavy atom. The van der Waals surface area contributed by atoms with Crippen LogP contribution in [0, 0.1) is 20.8 Å². The average molecular weight is 520 g/mol. The van der Waals surface area contributed by atoms with Crippen molar-refractivity contribution < 1.29 is 14.3 Å². The molecule has 0 aromatic heterocycles. The Morgan fingerprint density at radius 3 is 2.47 bits per heavy atom. The van der Waals surface area contributed by atoms with Crippen LogP contribution in [0.15, 0.2) is 47.6 Å². The Balaban J connectivity index is 1.56. The Labute approximate surface area is 226 Å². The molecule has 38 heavy (non-hydrogen) atoms. The highest BCUT2D eigenvalue weighted by atomic mass is 16.5. The lowest BCUT2D eigenvalue weighted by Crippen LogP contribution is -2.49. The summed E-state index contributed by atoms with van der Waals surface area (Å²) in [4.78, 5) is 30.7. The fourth-order valence-electron chi connectivity index (χ4n) is 4.80. The third kappa shape index (κ3) is 6.99. The summed E-state index contributed by atoms with van der Waals surface area (Å²) in [5.74, 6) is -0.178. The van der Waals surface area contributed by atoms with E-state index in [0.29, 0.717) is 39.3 Å². The fourth-order valence-corrected chi connectivity index (χ4v) is 4.80. The van der Waals surface area contributed by atoms with E-state index in [9.17, 15) is 9.59 Å². The number of aryl methyl sites for hydroxylation is 3. The first-order chi connectivity index (χ1) is 18.4. The van der Waals surface area contributed by atoms with E-state index in [2.05, 4.69) is 73.5 Å². The summed E-state index contributed by atoms with van der Waals surface area (Å²) in [6.07, 6.45) is 1.47. The first-order valence-electron chi connectivity index (χ1n) is 13.7. The molecule has 2 aliphatic heterocycles. The number of hydrogen-bond acceptors (Lipinski definition) is 5. The predicted molar refractivity (Wildman–Crippen MR) is 150 cm³/mol. The van der Waals surface area contributed by atoms with E-state index in [1.165, 1.54) is 16.7 Å². The number of amides is 3. The van der Waals surface area contributed by atoms with Crippen molar-refractivity contribution in [1.29, 1.82) is 0 Å². The maximum absolute atomic E-state index is 13.8. The number of carbonyl (C=O) groups is 2. The van der Waals surface area contributed by atoms with Crippen LogP contribution < -0.4 is 5.32 Å². The molecule has 8 nitrogen and oxygen atoms in total. The molecule has 0 bridgehead atoms. The van der Waals surface area contributed by atoms with Gasteiger partial charge >= 0.3 is 6.03 Å². The van der Waals surface area contributed by atoms with E-state index in [1.807, 2.05) is 6.92 Å². The SMILES string of the molecule is CCCNC(=O)N(CCN1CCOCC1)CC(=O)N1N=C(c2ccc(C)c(C)c2)C[C@@H]1c1ccc(C)cc1. The molecule has 1 fully saturated rings. The number of nitrogens with one attached hydrogen (secondary N) is 1. The van der Waals surface area contributed by atoms with Crippen LogP contribution in [-0.2, 0) is 9.53 Å². The van der Waals surface area contributed by atoms with Crippen molar-refractivity contribution in [3.8, 4) is 0 Å². The van der Waals surface area contributed by atoms with Gasteiger partial charge in [0, 0.05) is 39.1 Å². The van der Waals surface area contributed by atoms with Gasteiger partial charge in [-0.3, -0.25) is 9.69 Å². The number of hydrogen-bond donors (Lipinski definition) is 1. The Kier molecular flexibility index (Phi) is 9.53. The first-order valence-corrected chi connectivity index (χ1v) is 13.7. The van der Waals surface area contributed by atoms with Crippen LogP contribution >= 0.6 is 0 Å². The first kappa shape index (κ1) is 27.8. The largest absolute Gasteiger partial charge is 0.379 e. The van der Waals surface area contributed by atoms with Crippen LogP contribution in [0.4, 0.5) is 4.79 Å². The third-order valence-corrected chi connectivity index (χ3v) is 7.40. The van der Waals surface area contributed by atoms with Crippen molar-refractivity contribution in [2.45, 2.75) is 46.6 Å². The van der Waals surface area contributed by atoms with Gasteiger partial charge in [-0.1, -0.05) is 48.9 Å². The monoisotopic (exact) mass is 519 g/mol. The van der Waals surface area contributed by atoms with E-state index in [0.717, 1.165) is 36.3 Å². The molecule has 0 radical (unpaired) electrons. The summed E-state index contributed by atoms with van der Waals surface area (Å²) in [7, 11) is 0. The van der Waals surface area contributed by atoms with Crippen LogP contribution in [0.2, 0.25) is 0 Å². The average Bonchev–Trinajstić information content (AvgIpc) is 3.38. The molecule has 3 amide bonds. The summed E-state index contributed by atoms with van der Waals surface area (Å²) in [6, 6.07) is 14.2. The minimum Gasteiger partial charge on any atom is -0.379 e. The minimum absolute atomic E-state index is 0.0219. The topological polar surface area (TPSA) is 77.5 Å². The number of nitrogens with zero attached hydrogens (tertiary/aromatic N) is 4. The van der Waals surface area contributed by atoms with Gasteiger partial charge in [0.1, 0.15) is 6.54 Å². The standard InChI is InChI=1S/C30H41N5O3/c1-5-12-31-30(37)34(14-13-33-15-17-38-18-16-33)21-29(36)35-28(25-9-6-22(2)7-10-25)20-27(32-35)26-11-8-23(3)24(4)19-26/h6-11,19,28H,5,12-18,20-21H2,1-4H3,(H,31,37)/t28-/m1/s1. The molecule has 1 atom stereocenters. The molecular formula is C30H41N5O3. The van der Waals surface area contributed by atoms with Gasteiger partial charge < -0.3 is 15.0 Å². The smallest absolute Gasteiger partial charge is 0.317 e. The van der Waals surface area contributed by atoms with Gasteiger partial charge in [-0.15, -0.1) is 0 Å². The molecule has 2 heterocycles. The summed E-state index contributed by atoms with van der Waals surface area (Å²) < 4.78 is 5.45. The van der Waals surface area contributed by atoms with Gasteiger partial charge in [0.15, 0.2) is 0 Å². The number of urea groups is 1. The molecule has 8 heteroatoms. The number of morpholine rings is 1. The lowest BCUT2D eigenvalue weighted by atomic mass is 9.96. The highest BCUT2D eigenvalue weighted by molar-refractivity contribution is 6.03. The normalized spacial score (nSPS) is 17.8. The molecule has 2 aliphatic rings. The van der Waals surface area contributed by atoms with Crippen LogP contribution in [0.3, 0.4) is 0 Å². The Hall–Kier alpha value is -3.23. The van der Waals surface area contributed by atoms with Gasteiger partial charge in [0.25, 0.3) is 5.91 Å². The van der Waals surface area contributed by atoms with Crippen LogP contribution in [0.25, 0.3) is 0 Å². The number of benzene rings is 2. The number of ether oxygens (including phenoxy) is 1. The second kappa shape index (κ2) is 13.0. The molecule has 1 saturated heterocycles. The molecule has 0 unspecified atom stereocenters. The van der Waals surface area contributed by atoms with Crippen molar-refractivity contribution in [2.24, 2.45) is 5.10 Å². The van der Waals surface area contributed by atoms with Gasteiger partial charge in [-0.2, -0.15) is 5.10 Å². The highest BCUT2D eigenvalue weighted by Gasteiger charge is 2.34. The fraction of sp³-hybridized carbons (Fsp3) is 0.500. The zero-order chi connectivity index (χ0) is 27.1. The number of hydrazone groups is 1. The van der Waals surface area contributed by atoms with E-state index in [1.54, 1.807) is 9.91 Å². The van der Waals surface area contributed by atoms with Gasteiger partial charge in [0.05, 0.1) is 25.0 Å². The second-order valence-electron chi connectivity index (χ2n) is 10.3. The van der Waals surface area contributed by atoms with Crippen molar-refractivity contribution in [1.82, 2.24) is 20.1 Å². The van der Waals surface area contributed by atoms with Crippen LogP contribution in [0.1, 0.15) is 53.6 Å². The molecule has 0 saturated carbocycles. The molecule has 2 aromatic rings. The molecule has 0 spiro atoms. The van der Waals surface area contributed by atoms with Crippen LogP contribution in [-0.4, -0.2) is 84.9 Å². The van der Waals surface area contributed by atoms with E-state index >= 15 is 0 Å². The van der Waals surface area contributed by atoms with Crippen molar-refractivity contribution >= 4 is 17.6 Å². The van der Waals surface area contributed by atoms with Gasteiger partial charge in [-0.05, 0) is 55.5 Å². The summed E-state index contributed by atoms with van der Waals surface area (Å²) in [5, 5.41) is 9.40. The lowest BCUT2D eigenvalue weighted by Gasteiger charge is -2.31. The van der Waals surface area contributed by atoms with Crippen molar-refractivity contribution in [3.63, 3.8) is 0 Å². The summed E-state index contributed by atoms with van der Waals surface area (Å²) in [5.41, 5.74) is 6.56. The molecule has 2 aromatic carbocycles. The van der Waals surface area contributed by atoms with E-state index in [-0.39, 0.29) is 24.5 Å². The van der Waals surface area contributed by atoms with Crippen LogP contribution in [0.5, 0.6) is 0 Å². The molecule has 204 valence electrons. The van der Waals surface area contributed by atoms with Crippen molar-refractivity contribution in [2.75, 3.05) is 52.5 Å².